The molecule has 0 aromatic carbocycles. The summed E-state index contributed by atoms with van der Waals surface area (Å²) in [5.74, 6) is 0.412. The maximum atomic E-state index is 12.2. The van der Waals surface area contributed by atoms with Gasteiger partial charge in [-0.3, -0.25) is 9.89 Å². The van der Waals surface area contributed by atoms with Crippen molar-refractivity contribution in [3.05, 3.63) is 42.4 Å². The number of carbonyl (C=O) groups is 1. The lowest BCUT2D eigenvalue weighted by molar-refractivity contribution is 0.0759. The first-order chi connectivity index (χ1) is 10.3. The number of oxazole rings is 1. The van der Waals surface area contributed by atoms with Gasteiger partial charge in [-0.2, -0.15) is 5.10 Å². The van der Waals surface area contributed by atoms with Gasteiger partial charge in [0.2, 0.25) is 5.76 Å². The number of nitrogens with zero attached hydrogens (tertiary/aromatic N) is 4. The van der Waals surface area contributed by atoms with Crippen LogP contribution in [0.15, 0.2) is 35.3 Å². The van der Waals surface area contributed by atoms with Crippen LogP contribution in [0, 0.1) is 0 Å². The summed E-state index contributed by atoms with van der Waals surface area (Å²) in [5, 5.41) is 8.30. The minimum atomic E-state index is -0.114. The highest BCUT2D eigenvalue weighted by molar-refractivity contribution is 5.91. The Kier molecular flexibility index (Phi) is 2.70. The van der Waals surface area contributed by atoms with E-state index in [-0.39, 0.29) is 17.6 Å². The van der Waals surface area contributed by atoms with Crippen LogP contribution in [-0.4, -0.2) is 44.1 Å². The third-order valence-electron chi connectivity index (χ3n) is 3.89. The fraction of sp³-hybridized carbons (Fsp3) is 0.286. The second-order valence-electron chi connectivity index (χ2n) is 5.11. The third kappa shape index (κ3) is 1.97. The summed E-state index contributed by atoms with van der Waals surface area (Å²) >= 11 is 0. The van der Waals surface area contributed by atoms with E-state index in [2.05, 4.69) is 20.2 Å². The van der Waals surface area contributed by atoms with E-state index in [1.807, 2.05) is 12.1 Å². The number of fused-ring (bicyclic) bond motifs is 1. The van der Waals surface area contributed by atoms with Crippen molar-refractivity contribution in [2.75, 3.05) is 13.1 Å². The van der Waals surface area contributed by atoms with E-state index in [0.29, 0.717) is 18.7 Å². The number of aromatic nitrogens is 4. The lowest BCUT2D eigenvalue weighted by Gasteiger charge is -2.14. The number of aromatic amines is 1. The molecule has 1 atom stereocenters. The summed E-state index contributed by atoms with van der Waals surface area (Å²) < 4.78 is 5.07. The first-order valence-electron chi connectivity index (χ1n) is 6.79. The second-order valence-corrected chi connectivity index (χ2v) is 5.11. The molecule has 0 saturated carbocycles. The fourth-order valence-corrected chi connectivity index (χ4v) is 2.84. The summed E-state index contributed by atoms with van der Waals surface area (Å²) in [6.45, 7) is 1.34. The highest BCUT2D eigenvalue weighted by Gasteiger charge is 2.31. The molecule has 0 spiro atoms. The van der Waals surface area contributed by atoms with Gasteiger partial charge in [-0.15, -0.1) is 0 Å². The Hall–Kier alpha value is -2.70. The Labute approximate surface area is 120 Å². The molecule has 7 nitrogen and oxygen atoms in total. The van der Waals surface area contributed by atoms with Gasteiger partial charge in [0.1, 0.15) is 0 Å². The highest BCUT2D eigenvalue weighted by atomic mass is 16.3. The predicted molar refractivity (Wildman–Crippen MR) is 73.7 cm³/mol. The van der Waals surface area contributed by atoms with E-state index in [1.165, 1.54) is 12.6 Å². The van der Waals surface area contributed by atoms with Gasteiger partial charge in [0.15, 0.2) is 12.0 Å². The van der Waals surface area contributed by atoms with Gasteiger partial charge in [-0.05, 0) is 18.6 Å². The van der Waals surface area contributed by atoms with Crippen molar-refractivity contribution in [1.82, 2.24) is 25.1 Å². The summed E-state index contributed by atoms with van der Waals surface area (Å²) in [7, 11) is 0. The van der Waals surface area contributed by atoms with Crippen LogP contribution in [-0.2, 0) is 0 Å². The largest absolute Gasteiger partial charge is 0.438 e. The molecule has 1 aliphatic rings. The number of H-pyrrole nitrogens is 1. The van der Waals surface area contributed by atoms with Crippen molar-refractivity contribution < 1.29 is 9.21 Å². The maximum Gasteiger partial charge on any atom is 0.291 e. The minimum absolute atomic E-state index is 0.114. The van der Waals surface area contributed by atoms with Crippen LogP contribution in [0.5, 0.6) is 0 Å². The number of nitrogens with one attached hydrogen (secondary N) is 1. The molecule has 1 fully saturated rings. The molecule has 3 aromatic rings. The van der Waals surface area contributed by atoms with Gasteiger partial charge in [0.05, 0.1) is 6.20 Å². The number of pyridine rings is 1. The second kappa shape index (κ2) is 4.69. The smallest absolute Gasteiger partial charge is 0.291 e. The van der Waals surface area contributed by atoms with Crippen molar-refractivity contribution in [1.29, 1.82) is 0 Å². The van der Waals surface area contributed by atoms with Gasteiger partial charge in [0.25, 0.3) is 5.91 Å². The zero-order valence-electron chi connectivity index (χ0n) is 11.2. The fourth-order valence-electron chi connectivity index (χ4n) is 2.84. The molecule has 1 aliphatic heterocycles. The minimum Gasteiger partial charge on any atom is -0.438 e. The van der Waals surface area contributed by atoms with Crippen LogP contribution in [0.3, 0.4) is 0 Å². The van der Waals surface area contributed by atoms with Crippen LogP contribution in [0.25, 0.3) is 11.0 Å². The Balaban J connectivity index is 1.58. The van der Waals surface area contributed by atoms with Crippen LogP contribution >= 0.6 is 0 Å². The predicted octanol–water partition coefficient (Wildman–Crippen LogP) is 1.58. The molecule has 0 aliphatic carbocycles. The Bertz CT molecular complexity index is 780. The lowest BCUT2D eigenvalue weighted by atomic mass is 10.0. The average Bonchev–Trinajstić information content (AvgIpc) is 3.25. The number of amides is 1. The zero-order valence-corrected chi connectivity index (χ0v) is 11.2. The van der Waals surface area contributed by atoms with Crippen molar-refractivity contribution in [3.63, 3.8) is 0 Å². The molecule has 4 rings (SSSR count). The highest BCUT2D eigenvalue weighted by Crippen LogP contribution is 2.30. The lowest BCUT2D eigenvalue weighted by Crippen LogP contribution is -2.28. The average molecular weight is 283 g/mol. The molecular weight excluding hydrogens is 270 g/mol. The summed E-state index contributed by atoms with van der Waals surface area (Å²) in [6.07, 6.45) is 5.34. The quantitative estimate of drug-likeness (QED) is 0.771. The molecule has 0 unspecified atom stereocenters. The number of hydrogen-bond acceptors (Lipinski definition) is 5. The van der Waals surface area contributed by atoms with E-state index < -0.39 is 0 Å². The molecule has 7 heteroatoms. The van der Waals surface area contributed by atoms with Crippen LogP contribution in [0.4, 0.5) is 0 Å². The van der Waals surface area contributed by atoms with E-state index in [9.17, 15) is 4.79 Å². The van der Waals surface area contributed by atoms with Gasteiger partial charge in [0, 0.05) is 36.3 Å². The Morgan fingerprint density at radius 3 is 3.29 bits per heavy atom. The van der Waals surface area contributed by atoms with E-state index in [1.54, 1.807) is 11.1 Å². The molecule has 1 saturated heterocycles. The van der Waals surface area contributed by atoms with Gasteiger partial charge >= 0.3 is 0 Å². The third-order valence-corrected chi connectivity index (χ3v) is 3.89. The van der Waals surface area contributed by atoms with Gasteiger partial charge in [-0.1, -0.05) is 0 Å². The molecule has 3 aromatic heterocycles. The molecule has 21 heavy (non-hydrogen) atoms. The normalized spacial score (nSPS) is 18.5. The van der Waals surface area contributed by atoms with Crippen molar-refractivity contribution in [2.24, 2.45) is 0 Å². The SMILES string of the molecule is O=C(c1cnco1)N1CC[C@@H](c2[nH]nc3ncccc23)C1. The van der Waals surface area contributed by atoms with Crippen LogP contribution < -0.4 is 0 Å². The topological polar surface area (TPSA) is 87.9 Å². The zero-order chi connectivity index (χ0) is 14.2. The summed E-state index contributed by atoms with van der Waals surface area (Å²) in [6, 6.07) is 3.90. The number of rotatable bonds is 2. The monoisotopic (exact) mass is 283 g/mol. The van der Waals surface area contributed by atoms with Crippen molar-refractivity contribution in [3.8, 4) is 0 Å². The van der Waals surface area contributed by atoms with Crippen LogP contribution in [0.1, 0.15) is 28.6 Å². The van der Waals surface area contributed by atoms with E-state index in [0.717, 1.165) is 17.5 Å². The van der Waals surface area contributed by atoms with Crippen molar-refractivity contribution >= 4 is 16.9 Å². The first-order valence-corrected chi connectivity index (χ1v) is 6.79. The number of likely N-dealkylation sites (tertiary alicyclic amines) is 1. The number of hydrogen-bond donors (Lipinski definition) is 1. The van der Waals surface area contributed by atoms with Gasteiger partial charge in [-0.25, -0.2) is 9.97 Å². The van der Waals surface area contributed by atoms with Crippen molar-refractivity contribution in [2.45, 2.75) is 12.3 Å². The molecule has 1 N–H and O–H groups in total. The van der Waals surface area contributed by atoms with E-state index in [4.69, 9.17) is 4.42 Å². The Morgan fingerprint density at radius 1 is 1.48 bits per heavy atom. The number of carbonyl (C=O) groups excluding carboxylic acids is 1. The van der Waals surface area contributed by atoms with Gasteiger partial charge < -0.3 is 9.32 Å². The summed E-state index contributed by atoms with van der Waals surface area (Å²) in [5.41, 5.74) is 1.76. The summed E-state index contributed by atoms with van der Waals surface area (Å²) in [4.78, 5) is 22.0. The molecule has 4 heterocycles. The first kappa shape index (κ1) is 12.1. The van der Waals surface area contributed by atoms with E-state index >= 15 is 0 Å². The molecule has 0 radical (unpaired) electrons. The Morgan fingerprint density at radius 2 is 2.43 bits per heavy atom. The maximum absolute atomic E-state index is 12.2. The molecule has 1 amide bonds. The molecular formula is C14H13N5O2. The molecule has 0 bridgehead atoms. The molecule has 106 valence electrons. The van der Waals surface area contributed by atoms with Crippen LogP contribution in [0.2, 0.25) is 0 Å². The standard InChI is InChI=1S/C14H13N5O2/c20-14(11-6-15-8-21-11)19-5-3-9(7-19)12-10-2-1-4-16-13(10)18-17-12/h1-2,4,6,8-9H,3,5,7H2,(H,16,17,18)/t9-/m1/s1.